The van der Waals surface area contributed by atoms with Crippen molar-refractivity contribution in [2.24, 2.45) is 0 Å². The lowest BCUT2D eigenvalue weighted by atomic mass is 10.0. The molecule has 0 spiro atoms. The number of nitrogen functional groups attached to an aromatic ring is 1. The van der Waals surface area contributed by atoms with E-state index < -0.39 is 29.4 Å². The number of imidazole rings is 5. The van der Waals surface area contributed by atoms with Crippen LogP contribution >= 0.6 is 22.7 Å². The van der Waals surface area contributed by atoms with Gasteiger partial charge in [0.15, 0.2) is 10.0 Å². The number of carbonyl (C=O) groups is 7. The number of methoxy groups -OCH3 is 2. The summed E-state index contributed by atoms with van der Waals surface area (Å²) < 4.78 is 68.2. The van der Waals surface area contributed by atoms with Crippen LogP contribution in [0.3, 0.4) is 0 Å². The molecule has 4 saturated heterocycles. The minimum absolute atomic E-state index is 0.0169. The number of piperazine rings is 2. The SMILES string of the molecule is CCO.COC(=O)c1ccc(Nc2ccc(F)cc2)c(N)c1.COC(=O)c1ccc2c(c1)[nH]c(=O)n2-c1ccc(F)cc1.O=C(O)c1ccc2c(c1)[nH]c(=O)n2-c1ccc(F)cc1.O=C(c1ccc2c(c1)[nH]c(=O)n2-c1ccc(F)cc1)N1CC(N2CCN(C(=O)c3nccs3)CC2)C1.O=C(c1nccs1)N1CCN(C2CNC2)CC1.O=C(n1ccnc1)n1ccnc1. The van der Waals surface area contributed by atoms with Crippen LogP contribution in [0.25, 0.3) is 50.2 Å². The summed E-state index contributed by atoms with van der Waals surface area (Å²) >= 11 is 2.78. The highest BCUT2D eigenvalue weighted by Crippen LogP contribution is 2.28. The molecule has 4 aliphatic heterocycles. The number of halogens is 4. The zero-order valence-electron chi connectivity index (χ0n) is 68.7. The molecule has 0 atom stereocenters. The maximum atomic E-state index is 13.3. The third kappa shape index (κ3) is 22.0. The van der Waals surface area contributed by atoms with Crippen LogP contribution in [0.4, 0.5) is 39.4 Å². The number of hydrogen-bond donors (Lipinski definition) is 8. The second-order valence-corrected chi connectivity index (χ2v) is 30.5. The number of carbonyl (C=O) groups excluding carboxylic acids is 6. The number of aromatic carboxylic acids is 1. The van der Waals surface area contributed by atoms with Crippen molar-refractivity contribution in [1.29, 1.82) is 0 Å². The summed E-state index contributed by atoms with van der Waals surface area (Å²) in [5.74, 6) is -3.45. The fourth-order valence-corrected chi connectivity index (χ4v) is 15.2. The van der Waals surface area contributed by atoms with Gasteiger partial charge in [-0.2, -0.15) is 0 Å². The molecule has 19 rings (SSSR count). The largest absolute Gasteiger partial charge is 0.478 e. The topological polar surface area (TPSA) is 419 Å². The summed E-state index contributed by atoms with van der Waals surface area (Å²) in [5.41, 5.74) is 12.6. The fourth-order valence-electron chi connectivity index (χ4n) is 13.9. The molecule has 0 radical (unpaired) electrons. The van der Waals surface area contributed by atoms with Crippen molar-refractivity contribution in [2.75, 3.05) is 110 Å². The molecule has 0 bridgehead atoms. The van der Waals surface area contributed by atoms with Gasteiger partial charge in [0.2, 0.25) is 0 Å². The number of aliphatic hydroxyl groups excluding tert-OH is 1. The Morgan fingerprint density at radius 2 is 0.852 bits per heavy atom. The lowest BCUT2D eigenvalue weighted by Crippen LogP contribution is -2.64. The molecule has 0 unspecified atom stereocenters. The summed E-state index contributed by atoms with van der Waals surface area (Å²) in [7, 11) is 2.60. The minimum atomic E-state index is -1.07. The molecule has 0 saturated carbocycles. The number of benzene rings is 8. The molecule has 4 aliphatic rings. The van der Waals surface area contributed by atoms with Gasteiger partial charge in [-0.3, -0.25) is 47.0 Å². The highest BCUT2D eigenvalue weighted by molar-refractivity contribution is 7.11. The zero-order chi connectivity index (χ0) is 90.7. The molecule has 11 heterocycles. The van der Waals surface area contributed by atoms with Crippen molar-refractivity contribution in [3.05, 3.63) is 317 Å². The van der Waals surface area contributed by atoms with Gasteiger partial charge in [-0.05, 0) is 177 Å². The van der Waals surface area contributed by atoms with Crippen molar-refractivity contribution < 1.29 is 70.8 Å². The Labute approximate surface area is 732 Å². The number of fused-ring (bicyclic) bond motifs is 3. The quantitative estimate of drug-likeness (QED) is 0.0302. The number of hydrogen-bond acceptors (Lipinski definition) is 24. The van der Waals surface area contributed by atoms with Gasteiger partial charge in [-0.1, -0.05) is 0 Å². The van der Waals surface area contributed by atoms with E-state index in [-0.39, 0.29) is 70.8 Å². The highest BCUT2D eigenvalue weighted by Gasteiger charge is 2.38. The normalized spacial score (nSPS) is 13.8. The van der Waals surface area contributed by atoms with Gasteiger partial charge in [0.1, 0.15) is 35.9 Å². The van der Waals surface area contributed by atoms with E-state index in [2.05, 4.69) is 64.8 Å². The number of carboxylic acid groups (broad SMARTS) is 1. The lowest BCUT2D eigenvalue weighted by molar-refractivity contribution is 0.00850. The van der Waals surface area contributed by atoms with Crippen molar-refractivity contribution in [3.63, 3.8) is 0 Å². The number of aromatic nitrogens is 12. The first-order chi connectivity index (χ1) is 61.9. The lowest BCUT2D eigenvalue weighted by Gasteiger charge is -2.48. The Hall–Kier alpha value is -15.1. The summed E-state index contributed by atoms with van der Waals surface area (Å²) in [6.07, 6.45) is 12.5. The first-order valence-electron chi connectivity index (χ1n) is 39.7. The van der Waals surface area contributed by atoms with Gasteiger partial charge in [-0.25, -0.2) is 71.1 Å². The van der Waals surface area contributed by atoms with Gasteiger partial charge < -0.3 is 65.7 Å². The molecule has 4 fully saturated rings. The first-order valence-corrected chi connectivity index (χ1v) is 41.4. The number of aromatic amines is 3. The van der Waals surface area contributed by atoms with Gasteiger partial charge >= 0.3 is 41.0 Å². The van der Waals surface area contributed by atoms with Crippen LogP contribution in [-0.4, -0.2) is 246 Å². The average molecular weight is 1790 g/mol. The van der Waals surface area contributed by atoms with E-state index in [0.717, 1.165) is 52.4 Å². The van der Waals surface area contributed by atoms with Crippen LogP contribution in [0.2, 0.25) is 0 Å². The van der Waals surface area contributed by atoms with Crippen molar-refractivity contribution in [1.82, 2.24) is 87.5 Å². The molecule has 34 nitrogen and oxygen atoms in total. The van der Waals surface area contributed by atoms with Crippen molar-refractivity contribution >= 4 is 114 Å². The first kappa shape index (κ1) is 90.6. The van der Waals surface area contributed by atoms with E-state index in [1.807, 2.05) is 15.2 Å². The number of thiazole rings is 2. The minimum Gasteiger partial charge on any atom is -0.478 e. The van der Waals surface area contributed by atoms with E-state index in [1.165, 1.54) is 176 Å². The van der Waals surface area contributed by atoms with Crippen molar-refractivity contribution in [3.8, 4) is 17.1 Å². The number of nitrogens with one attached hydrogen (secondary N) is 5. The number of anilines is 3. The fraction of sp³-hybridized carbons (Fsp3) is 0.205. The number of esters is 2. The van der Waals surface area contributed by atoms with Gasteiger partial charge in [-0.15, -0.1) is 22.7 Å². The van der Waals surface area contributed by atoms with E-state index in [4.69, 9.17) is 15.9 Å². The average Bonchev–Trinajstić information content (AvgIpc) is 1.35. The summed E-state index contributed by atoms with van der Waals surface area (Å²) in [5, 5.41) is 27.6. The number of likely N-dealkylation sites (tertiary alicyclic amines) is 1. The molecule has 40 heteroatoms. The van der Waals surface area contributed by atoms with Crippen LogP contribution in [-0.2, 0) is 9.47 Å². The molecule has 0 aliphatic carbocycles. The maximum Gasteiger partial charge on any atom is 0.338 e. The highest BCUT2D eigenvalue weighted by atomic mass is 32.1. The smallest absolute Gasteiger partial charge is 0.338 e. The number of H-pyrrole nitrogens is 3. The summed E-state index contributed by atoms with van der Waals surface area (Å²) in [4.78, 5) is 153. The Kier molecular flexibility index (Phi) is 29.8. The molecule has 128 heavy (non-hydrogen) atoms. The van der Waals surface area contributed by atoms with Crippen LogP contribution in [0.1, 0.15) is 68.0 Å². The Morgan fingerprint density at radius 1 is 0.477 bits per heavy atom. The Bertz CT molecular complexity index is 6510. The van der Waals surface area contributed by atoms with Crippen LogP contribution in [0.5, 0.6) is 0 Å². The number of carboxylic acids is 1. The molecular formula is C88H84F4N20O14S2. The number of nitrogens with zero attached hydrogens (tertiary/aromatic N) is 14. The third-order valence-corrected chi connectivity index (χ3v) is 22.2. The van der Waals surface area contributed by atoms with E-state index in [9.17, 15) is 65.5 Å². The molecule has 660 valence electrons. The summed E-state index contributed by atoms with van der Waals surface area (Å²) in [6.45, 7) is 11.9. The van der Waals surface area contributed by atoms with Gasteiger partial charge in [0, 0.05) is 156 Å². The van der Waals surface area contributed by atoms with Crippen LogP contribution < -0.4 is 33.4 Å². The monoisotopic (exact) mass is 1780 g/mol. The Morgan fingerprint density at radius 3 is 1.22 bits per heavy atom. The molecule has 3 amide bonds. The standard InChI is InChI=1S/C25H23FN6O3S.C15H11FN2O3.C14H9FN2O3.C14H13FN2O2.C11H16N4OS.C7H6N4O.C2H6O/c26-17-2-4-18(5-3-17)32-21-6-1-16(13-20(21)28-25(32)35)23(33)31-14-19(15-31)29-8-10-30(11-9-29)24(34)22-27-7-12-36-22;1-21-14(19)9-2-7-13-12(8-9)17-15(20)18(13)11-5-3-10(16)4-6-11;15-9-2-4-10(5-3-9)17-12-6-1-8(13(18)19)7-11(12)16-14(17)20;1-19-14(18)9-2-7-13(12(16)8-9)17-11-5-3-10(15)4-6-11;16-11(10-13-1-6-17-10)15-4-2-14(3-5-15)9-7-12-8-9;12-7(10-3-1-8-5-10)11-4-2-9-6-11;1-2-3/h1-7,12-13,19H,8-11,14-15H2,(H,28,35);2-8H,1H3,(H,17,20);1-7H,(H,16,20)(H,18,19);2-8,17H,16H2,1H3;1,6,9,12H,2-5,7-8H2;1-6H;3H,2H2,1H3. The Balaban J connectivity index is 0.000000135. The van der Waals surface area contributed by atoms with Crippen LogP contribution in [0.15, 0.2) is 245 Å². The second kappa shape index (κ2) is 42.1. The molecule has 9 N–H and O–H groups in total. The number of ether oxygens (including phenoxy) is 2. The molecule has 7 aromatic heterocycles. The van der Waals surface area contributed by atoms with Gasteiger partial charge in [0.25, 0.3) is 17.7 Å². The number of aliphatic hydroxyl groups is 1. The zero-order valence-corrected chi connectivity index (χ0v) is 70.4. The maximum absolute atomic E-state index is 13.3. The number of rotatable bonds is 13. The number of nitrogens with two attached hydrogens (primary N) is 1. The van der Waals surface area contributed by atoms with E-state index >= 15 is 0 Å². The van der Waals surface area contributed by atoms with Gasteiger partial charge in [0.05, 0.1) is 92.4 Å². The van der Waals surface area contributed by atoms with Crippen molar-refractivity contribution in [2.45, 2.75) is 19.0 Å². The predicted molar refractivity (Wildman–Crippen MR) is 471 cm³/mol. The van der Waals surface area contributed by atoms with E-state index in [0.29, 0.717) is 126 Å². The third-order valence-electron chi connectivity index (χ3n) is 20.6. The second-order valence-electron chi connectivity index (χ2n) is 28.7. The molecule has 8 aromatic carbocycles. The summed E-state index contributed by atoms with van der Waals surface area (Å²) in [6, 6.07) is 42.5. The molecule has 15 aromatic rings. The van der Waals surface area contributed by atoms with E-state index in [1.54, 1.807) is 121 Å². The predicted octanol–water partition coefficient (Wildman–Crippen LogP) is 10.0. The molecular weight excluding hydrogens is 1700 g/mol. The van der Waals surface area contributed by atoms with Crippen LogP contribution in [0, 0.1) is 23.3 Å². The number of amides is 3.